The molecule has 2 aromatic carbocycles. The lowest BCUT2D eigenvalue weighted by Crippen LogP contribution is -2.32. The van der Waals surface area contributed by atoms with Crippen molar-refractivity contribution in [2.24, 2.45) is 0 Å². The third-order valence-electron chi connectivity index (χ3n) is 3.91. The summed E-state index contributed by atoms with van der Waals surface area (Å²) in [4.78, 5) is 36.5. The van der Waals surface area contributed by atoms with Crippen LogP contribution in [0.25, 0.3) is 0 Å². The van der Waals surface area contributed by atoms with Crippen LogP contribution in [-0.2, 0) is 14.8 Å². The number of rotatable bonds is 4. The lowest BCUT2D eigenvalue weighted by atomic mass is 10.2. The van der Waals surface area contributed by atoms with Gasteiger partial charge in [0.2, 0.25) is 0 Å². The Bertz CT molecular complexity index is 1220. The van der Waals surface area contributed by atoms with Crippen molar-refractivity contribution in [3.8, 4) is 5.75 Å². The molecule has 0 aliphatic heterocycles. The fourth-order valence-electron chi connectivity index (χ4n) is 2.54. The second-order valence-electron chi connectivity index (χ2n) is 5.96. The monoisotopic (exact) mass is 400 g/mol. The molecular weight excluding hydrogens is 384 g/mol. The molecule has 1 heterocycles. The maximum absolute atomic E-state index is 12.8. The number of aryl methyl sites for hydroxylation is 1. The average Bonchev–Trinajstić information content (AvgIpc) is 3.04. The van der Waals surface area contributed by atoms with Crippen LogP contribution in [0.2, 0.25) is 0 Å². The molecular formula is C19H16N2O6S. The molecule has 0 atom stereocenters. The molecule has 3 aromatic rings. The van der Waals surface area contributed by atoms with Gasteiger partial charge < -0.3 is 4.74 Å². The first-order chi connectivity index (χ1) is 13.2. The van der Waals surface area contributed by atoms with Crippen LogP contribution < -0.4 is 10.4 Å². The summed E-state index contributed by atoms with van der Waals surface area (Å²) in [5, 5.41) is 0. The van der Waals surface area contributed by atoms with Crippen LogP contribution in [-0.4, -0.2) is 28.8 Å². The number of carbonyl (C=O) groups is 2. The van der Waals surface area contributed by atoms with Crippen molar-refractivity contribution in [3.63, 3.8) is 0 Å². The first kappa shape index (κ1) is 19.3. The largest absolute Gasteiger partial charge is 0.426 e. The minimum Gasteiger partial charge on any atom is -0.426 e. The molecule has 0 amide bonds. The van der Waals surface area contributed by atoms with E-state index in [1.54, 1.807) is 25.1 Å². The highest BCUT2D eigenvalue weighted by Crippen LogP contribution is 2.19. The van der Waals surface area contributed by atoms with Crippen LogP contribution in [0.5, 0.6) is 5.75 Å². The highest BCUT2D eigenvalue weighted by atomic mass is 32.2. The van der Waals surface area contributed by atoms with Gasteiger partial charge in [-0.25, -0.2) is 17.8 Å². The van der Waals surface area contributed by atoms with Crippen LogP contribution in [0.3, 0.4) is 0 Å². The average molecular weight is 400 g/mol. The van der Waals surface area contributed by atoms with Crippen LogP contribution in [0, 0.1) is 6.92 Å². The molecule has 0 radical (unpaired) electrons. The van der Waals surface area contributed by atoms with Gasteiger partial charge in [-0.1, -0.05) is 29.8 Å². The predicted octanol–water partition coefficient (Wildman–Crippen LogP) is 1.81. The molecule has 8 nitrogen and oxygen atoms in total. The molecule has 9 heteroatoms. The predicted molar refractivity (Wildman–Crippen MR) is 99.9 cm³/mol. The number of aromatic nitrogens is 2. The molecule has 0 saturated heterocycles. The summed E-state index contributed by atoms with van der Waals surface area (Å²) in [7, 11) is -4.16. The fraction of sp³-hybridized carbons (Fsp3) is 0.105. The number of hydrogen-bond acceptors (Lipinski definition) is 6. The molecule has 0 unspecified atom stereocenters. The molecule has 0 fully saturated rings. The number of nitrogens with zero attached hydrogens (tertiary/aromatic N) is 2. The molecule has 28 heavy (non-hydrogen) atoms. The van der Waals surface area contributed by atoms with Gasteiger partial charge in [0.15, 0.2) is 0 Å². The van der Waals surface area contributed by atoms with E-state index in [2.05, 4.69) is 0 Å². The number of carbonyl (C=O) groups excluding carboxylic acids is 2. The van der Waals surface area contributed by atoms with Crippen LogP contribution >= 0.6 is 0 Å². The zero-order chi connectivity index (χ0) is 20.5. The molecule has 0 bridgehead atoms. The van der Waals surface area contributed by atoms with Crippen LogP contribution in [0.1, 0.15) is 22.8 Å². The zero-order valence-corrected chi connectivity index (χ0v) is 15.8. The quantitative estimate of drug-likeness (QED) is 0.489. The topological polar surface area (TPSA) is 104 Å². The molecule has 1 aromatic heterocycles. The maximum atomic E-state index is 12.8. The lowest BCUT2D eigenvalue weighted by Gasteiger charge is -2.08. The number of esters is 1. The van der Waals surface area contributed by atoms with Crippen LogP contribution in [0.15, 0.2) is 70.6 Å². The standard InChI is InChI=1S/C19H16N2O6S/c1-13-7-9-15(10-8-13)28(25,26)21-12-11-20(19(21)24)18(23)16-5-3-4-6-17(16)27-14(2)22/h3-12H,1-2H3. The van der Waals surface area contributed by atoms with Gasteiger partial charge in [-0.05, 0) is 31.2 Å². The van der Waals surface area contributed by atoms with Gasteiger partial charge in [-0.3, -0.25) is 9.59 Å². The fourth-order valence-corrected chi connectivity index (χ4v) is 3.75. The Hall–Kier alpha value is -3.46. The third kappa shape index (κ3) is 3.52. The summed E-state index contributed by atoms with van der Waals surface area (Å²) in [5.41, 5.74) is -0.241. The summed E-state index contributed by atoms with van der Waals surface area (Å²) in [5.74, 6) is -1.48. The SMILES string of the molecule is CC(=O)Oc1ccccc1C(=O)n1ccn(S(=O)(=O)c2ccc(C)cc2)c1=O. The van der Waals surface area contributed by atoms with E-state index in [9.17, 15) is 22.8 Å². The Kier molecular flexibility index (Phi) is 5.02. The van der Waals surface area contributed by atoms with Crippen molar-refractivity contribution in [2.45, 2.75) is 18.7 Å². The van der Waals surface area contributed by atoms with Gasteiger partial charge in [0, 0.05) is 19.3 Å². The number of ether oxygens (including phenoxy) is 1. The van der Waals surface area contributed by atoms with E-state index in [0.29, 0.717) is 8.54 Å². The second-order valence-corrected chi connectivity index (χ2v) is 7.77. The molecule has 0 N–H and O–H groups in total. The molecule has 144 valence electrons. The maximum Gasteiger partial charge on any atom is 0.349 e. The summed E-state index contributed by atoms with van der Waals surface area (Å²) in [6.45, 7) is 2.98. The van der Waals surface area contributed by atoms with Gasteiger partial charge in [0.25, 0.3) is 15.9 Å². The van der Waals surface area contributed by atoms with Crippen LogP contribution in [0.4, 0.5) is 0 Å². The van der Waals surface area contributed by atoms with E-state index in [1.165, 1.54) is 37.3 Å². The zero-order valence-electron chi connectivity index (χ0n) is 15.0. The van der Waals surface area contributed by atoms with Crippen molar-refractivity contribution in [3.05, 3.63) is 82.5 Å². The van der Waals surface area contributed by atoms with E-state index in [1.807, 2.05) is 0 Å². The molecule has 3 rings (SSSR count). The number of para-hydroxylation sites is 1. The second kappa shape index (κ2) is 7.28. The van der Waals surface area contributed by atoms with E-state index < -0.39 is 27.6 Å². The summed E-state index contributed by atoms with van der Waals surface area (Å²) in [6.07, 6.45) is 2.06. The van der Waals surface area contributed by atoms with Gasteiger partial charge in [0.05, 0.1) is 10.5 Å². The van der Waals surface area contributed by atoms with Gasteiger partial charge in [-0.15, -0.1) is 0 Å². The van der Waals surface area contributed by atoms with E-state index in [4.69, 9.17) is 4.74 Å². The normalized spacial score (nSPS) is 11.2. The Morgan fingerprint density at radius 2 is 1.61 bits per heavy atom. The van der Waals surface area contributed by atoms with Crippen molar-refractivity contribution < 1.29 is 22.7 Å². The Morgan fingerprint density at radius 1 is 0.964 bits per heavy atom. The third-order valence-corrected chi connectivity index (χ3v) is 5.58. The summed E-state index contributed by atoms with van der Waals surface area (Å²) in [6, 6.07) is 11.8. The van der Waals surface area contributed by atoms with Crippen molar-refractivity contribution >= 4 is 21.9 Å². The van der Waals surface area contributed by atoms with Gasteiger partial charge >= 0.3 is 11.7 Å². The van der Waals surface area contributed by atoms with Crippen molar-refractivity contribution in [1.29, 1.82) is 0 Å². The summed E-state index contributed by atoms with van der Waals surface area (Å²) < 4.78 is 31.6. The Balaban J connectivity index is 2.05. The van der Waals surface area contributed by atoms with E-state index in [0.717, 1.165) is 18.0 Å². The number of hydrogen-bond donors (Lipinski definition) is 0. The molecule has 0 spiro atoms. The van der Waals surface area contributed by atoms with Crippen molar-refractivity contribution in [1.82, 2.24) is 8.54 Å². The Morgan fingerprint density at radius 3 is 2.25 bits per heavy atom. The highest BCUT2D eigenvalue weighted by Gasteiger charge is 2.24. The number of imidazole rings is 1. The first-order valence-corrected chi connectivity index (χ1v) is 9.60. The number of benzene rings is 2. The molecule has 0 aliphatic rings. The summed E-state index contributed by atoms with van der Waals surface area (Å²) >= 11 is 0. The molecule has 0 aliphatic carbocycles. The van der Waals surface area contributed by atoms with Crippen molar-refractivity contribution in [2.75, 3.05) is 0 Å². The minimum atomic E-state index is -4.16. The van der Waals surface area contributed by atoms with Gasteiger partial charge in [0.1, 0.15) is 5.75 Å². The molecule has 0 saturated carbocycles. The highest BCUT2D eigenvalue weighted by molar-refractivity contribution is 7.90. The van der Waals surface area contributed by atoms with E-state index >= 15 is 0 Å². The van der Waals surface area contributed by atoms with E-state index in [-0.39, 0.29) is 16.2 Å². The lowest BCUT2D eigenvalue weighted by molar-refractivity contribution is -0.131. The smallest absolute Gasteiger partial charge is 0.349 e. The first-order valence-electron chi connectivity index (χ1n) is 8.16. The van der Waals surface area contributed by atoms with Gasteiger partial charge in [-0.2, -0.15) is 3.97 Å². The minimum absolute atomic E-state index is 0.0268. The Labute approximate surface area is 160 Å².